The number of para-hydroxylation sites is 2. The quantitative estimate of drug-likeness (QED) is 0.387. The summed E-state index contributed by atoms with van der Waals surface area (Å²) >= 11 is 3.18. The van der Waals surface area contributed by atoms with E-state index in [2.05, 4.69) is 26.0 Å². The molecule has 0 aliphatic carbocycles. The number of aromatic carboxylic acids is 1. The van der Waals surface area contributed by atoms with Gasteiger partial charge in [-0.25, -0.2) is 13.2 Å². The molecule has 30 heavy (non-hydrogen) atoms. The average Bonchev–Trinajstić information content (AvgIpc) is 2.71. The van der Waals surface area contributed by atoms with Gasteiger partial charge in [-0.15, -0.1) is 0 Å². The van der Waals surface area contributed by atoms with E-state index in [0.29, 0.717) is 4.47 Å². The molecule has 8 nitrogen and oxygen atoms in total. The van der Waals surface area contributed by atoms with Crippen molar-refractivity contribution < 1.29 is 28.2 Å². The molecule has 0 spiro atoms. The summed E-state index contributed by atoms with van der Waals surface area (Å²) in [4.78, 5) is 23.7. The van der Waals surface area contributed by atoms with Crippen LogP contribution < -0.4 is 10.0 Å². The van der Waals surface area contributed by atoms with E-state index in [0.717, 1.165) is 0 Å². The van der Waals surface area contributed by atoms with Crippen molar-refractivity contribution in [2.24, 2.45) is 0 Å². The van der Waals surface area contributed by atoms with E-state index in [1.807, 2.05) is 0 Å². The summed E-state index contributed by atoms with van der Waals surface area (Å²) in [7, 11) is -3.98. The number of anilines is 2. The number of hydrogen-bond acceptors (Lipinski definition) is 5. The molecule has 0 unspecified atom stereocenters. The van der Waals surface area contributed by atoms with Gasteiger partial charge < -0.3 is 15.5 Å². The molecule has 3 rings (SSSR count). The summed E-state index contributed by atoms with van der Waals surface area (Å²) in [6.45, 7) is 0. The molecule has 10 heteroatoms. The van der Waals surface area contributed by atoms with Crippen molar-refractivity contribution in [1.82, 2.24) is 0 Å². The van der Waals surface area contributed by atoms with E-state index in [-0.39, 0.29) is 33.1 Å². The zero-order valence-corrected chi connectivity index (χ0v) is 17.6. The van der Waals surface area contributed by atoms with E-state index in [1.54, 1.807) is 18.2 Å². The second-order valence-electron chi connectivity index (χ2n) is 6.10. The number of phenolic OH excluding ortho intramolecular Hbond substituents is 1. The molecule has 154 valence electrons. The van der Waals surface area contributed by atoms with E-state index in [1.165, 1.54) is 48.5 Å². The molecule has 3 aromatic rings. The number of nitrogens with one attached hydrogen (secondary N) is 2. The number of carbonyl (C=O) groups is 2. The predicted molar refractivity (Wildman–Crippen MR) is 114 cm³/mol. The zero-order valence-electron chi connectivity index (χ0n) is 15.2. The molecule has 0 aliphatic rings. The molecular formula is C20H15BrN2O6S. The van der Waals surface area contributed by atoms with Crippen molar-refractivity contribution in [3.8, 4) is 5.75 Å². The summed E-state index contributed by atoms with van der Waals surface area (Å²) in [5, 5.41) is 21.5. The standard InChI is InChI=1S/C20H15BrN2O6S/c21-13-7-10-16(15(11-13)20(26)27)22-19(25)12-5-8-14(9-6-12)30(28,29)23-17-3-1-2-4-18(17)24/h1-11,23-24H,(H,22,25)(H,26,27). The number of amides is 1. The molecule has 0 atom stereocenters. The Labute approximate surface area is 180 Å². The van der Waals surface area contributed by atoms with Crippen LogP contribution in [0.4, 0.5) is 11.4 Å². The van der Waals surface area contributed by atoms with Crippen molar-refractivity contribution in [2.75, 3.05) is 10.0 Å². The first-order chi connectivity index (χ1) is 14.2. The Kier molecular flexibility index (Phi) is 6.09. The van der Waals surface area contributed by atoms with E-state index in [4.69, 9.17) is 0 Å². The molecule has 0 heterocycles. The molecule has 0 saturated heterocycles. The molecule has 1 amide bonds. The second-order valence-corrected chi connectivity index (χ2v) is 8.69. The summed E-state index contributed by atoms with van der Waals surface area (Å²) in [5.74, 6) is -2.03. The molecular weight excluding hydrogens is 476 g/mol. The van der Waals surface area contributed by atoms with E-state index in [9.17, 15) is 28.2 Å². The van der Waals surface area contributed by atoms with Crippen LogP contribution in [0, 0.1) is 0 Å². The van der Waals surface area contributed by atoms with Crippen LogP contribution >= 0.6 is 15.9 Å². The Balaban J connectivity index is 1.79. The fourth-order valence-corrected chi connectivity index (χ4v) is 3.98. The molecule has 0 fully saturated rings. The number of carbonyl (C=O) groups excluding carboxylic acids is 1. The number of benzene rings is 3. The number of halogens is 1. The number of carboxylic acid groups (broad SMARTS) is 1. The van der Waals surface area contributed by atoms with Crippen LogP contribution in [0.3, 0.4) is 0 Å². The number of carboxylic acids is 1. The third-order valence-corrected chi connectivity index (χ3v) is 5.91. The van der Waals surface area contributed by atoms with Gasteiger partial charge in [0, 0.05) is 10.0 Å². The molecule has 4 N–H and O–H groups in total. The summed E-state index contributed by atoms with van der Waals surface area (Å²) < 4.78 is 27.8. The van der Waals surface area contributed by atoms with Gasteiger partial charge in [-0.3, -0.25) is 9.52 Å². The van der Waals surface area contributed by atoms with Gasteiger partial charge in [-0.05, 0) is 54.6 Å². The van der Waals surface area contributed by atoms with Crippen molar-refractivity contribution >= 4 is 49.2 Å². The molecule has 0 aromatic heterocycles. The third kappa shape index (κ3) is 4.78. The van der Waals surface area contributed by atoms with Crippen LogP contribution in [0.5, 0.6) is 5.75 Å². The van der Waals surface area contributed by atoms with Crippen LogP contribution in [-0.4, -0.2) is 30.5 Å². The monoisotopic (exact) mass is 490 g/mol. The molecule has 0 bridgehead atoms. The highest BCUT2D eigenvalue weighted by Gasteiger charge is 2.18. The van der Waals surface area contributed by atoms with Gasteiger partial charge in [-0.1, -0.05) is 28.1 Å². The smallest absolute Gasteiger partial charge is 0.337 e. The average molecular weight is 491 g/mol. The SMILES string of the molecule is O=C(Nc1ccc(Br)cc1C(=O)O)c1ccc(S(=O)(=O)Nc2ccccc2O)cc1. The fraction of sp³-hybridized carbons (Fsp3) is 0. The maximum Gasteiger partial charge on any atom is 0.337 e. The minimum atomic E-state index is -3.98. The minimum absolute atomic E-state index is 0.0239. The van der Waals surface area contributed by atoms with Crippen molar-refractivity contribution in [3.05, 3.63) is 82.3 Å². The first-order valence-corrected chi connectivity index (χ1v) is 10.7. The summed E-state index contributed by atoms with van der Waals surface area (Å²) in [6, 6.07) is 15.3. The predicted octanol–water partition coefficient (Wildman–Crippen LogP) is 3.91. The van der Waals surface area contributed by atoms with Gasteiger partial charge in [0.25, 0.3) is 15.9 Å². The second kappa shape index (κ2) is 8.56. The number of hydrogen-bond donors (Lipinski definition) is 4. The first kappa shape index (κ1) is 21.3. The van der Waals surface area contributed by atoms with Crippen LogP contribution in [-0.2, 0) is 10.0 Å². The van der Waals surface area contributed by atoms with Gasteiger partial charge in [0.1, 0.15) is 5.75 Å². The topological polar surface area (TPSA) is 133 Å². The molecule has 0 aliphatic heterocycles. The zero-order chi connectivity index (χ0) is 21.9. The highest BCUT2D eigenvalue weighted by molar-refractivity contribution is 9.10. The number of phenols is 1. The Morgan fingerprint density at radius 1 is 0.900 bits per heavy atom. The van der Waals surface area contributed by atoms with Crippen molar-refractivity contribution in [3.63, 3.8) is 0 Å². The Bertz CT molecular complexity index is 1230. The van der Waals surface area contributed by atoms with Gasteiger partial charge in [0.15, 0.2) is 0 Å². The van der Waals surface area contributed by atoms with Crippen LogP contribution in [0.25, 0.3) is 0 Å². The van der Waals surface area contributed by atoms with Gasteiger partial charge in [-0.2, -0.15) is 0 Å². The van der Waals surface area contributed by atoms with E-state index < -0.39 is 21.9 Å². The maximum absolute atomic E-state index is 12.5. The largest absolute Gasteiger partial charge is 0.506 e. The molecule has 0 radical (unpaired) electrons. The number of rotatable bonds is 6. The normalized spacial score (nSPS) is 11.0. The fourth-order valence-electron chi connectivity index (χ4n) is 2.55. The lowest BCUT2D eigenvalue weighted by atomic mass is 10.1. The van der Waals surface area contributed by atoms with Crippen LogP contribution in [0.15, 0.2) is 76.1 Å². The molecule has 3 aromatic carbocycles. The lowest BCUT2D eigenvalue weighted by Crippen LogP contribution is -2.16. The lowest BCUT2D eigenvalue weighted by Gasteiger charge is -2.11. The molecule has 0 saturated carbocycles. The van der Waals surface area contributed by atoms with E-state index >= 15 is 0 Å². The van der Waals surface area contributed by atoms with Crippen molar-refractivity contribution in [1.29, 1.82) is 0 Å². The van der Waals surface area contributed by atoms with Crippen LogP contribution in [0.2, 0.25) is 0 Å². The van der Waals surface area contributed by atoms with Gasteiger partial charge in [0.2, 0.25) is 0 Å². The lowest BCUT2D eigenvalue weighted by molar-refractivity contribution is 0.0698. The van der Waals surface area contributed by atoms with Gasteiger partial charge >= 0.3 is 5.97 Å². The Hall–Kier alpha value is -3.37. The summed E-state index contributed by atoms with van der Waals surface area (Å²) in [6.07, 6.45) is 0. The van der Waals surface area contributed by atoms with Gasteiger partial charge in [0.05, 0.1) is 21.8 Å². The highest BCUT2D eigenvalue weighted by atomic mass is 79.9. The highest BCUT2D eigenvalue weighted by Crippen LogP contribution is 2.25. The van der Waals surface area contributed by atoms with Crippen LogP contribution in [0.1, 0.15) is 20.7 Å². The minimum Gasteiger partial charge on any atom is -0.506 e. The van der Waals surface area contributed by atoms with Crippen molar-refractivity contribution in [2.45, 2.75) is 4.90 Å². The number of sulfonamides is 1. The third-order valence-electron chi connectivity index (χ3n) is 4.04. The Morgan fingerprint density at radius 3 is 2.20 bits per heavy atom. The number of aromatic hydroxyl groups is 1. The Morgan fingerprint density at radius 2 is 1.57 bits per heavy atom. The summed E-state index contributed by atoms with van der Waals surface area (Å²) in [5.41, 5.74) is 0.170. The maximum atomic E-state index is 12.5. The first-order valence-electron chi connectivity index (χ1n) is 8.42.